The van der Waals surface area contributed by atoms with Gasteiger partial charge in [0.15, 0.2) is 0 Å². The first-order chi connectivity index (χ1) is 6.76. The average molecular weight is 208 g/mol. The Balaban J connectivity index is 2.68. The van der Waals surface area contributed by atoms with Crippen LogP contribution in [0.2, 0.25) is 0 Å². The van der Waals surface area contributed by atoms with E-state index in [2.05, 4.69) is 15.3 Å². The van der Waals surface area contributed by atoms with Crippen LogP contribution in [0.1, 0.15) is 11.5 Å². The van der Waals surface area contributed by atoms with Gasteiger partial charge in [0.05, 0.1) is 0 Å². The number of nitriles is 1. The molecule has 0 saturated carbocycles. The van der Waals surface area contributed by atoms with E-state index < -0.39 is 0 Å². The largest absolute Gasteiger partial charge is 0.369 e. The molecule has 0 radical (unpaired) electrons. The first-order valence-corrected chi connectivity index (χ1v) is 5.64. The highest BCUT2D eigenvalue weighted by Gasteiger charge is 1.99. The van der Waals surface area contributed by atoms with Crippen molar-refractivity contribution in [1.29, 1.82) is 5.26 Å². The number of nitrogens with zero attached hydrogens (tertiary/aromatic N) is 3. The van der Waals surface area contributed by atoms with Gasteiger partial charge >= 0.3 is 0 Å². The van der Waals surface area contributed by atoms with Crippen molar-refractivity contribution < 1.29 is 0 Å². The maximum Gasteiger partial charge on any atom is 0.146 e. The van der Waals surface area contributed by atoms with Crippen LogP contribution in [0.3, 0.4) is 0 Å². The lowest BCUT2D eigenvalue weighted by molar-refractivity contribution is 1.02. The lowest BCUT2D eigenvalue weighted by Gasteiger charge is -2.04. The molecule has 0 aliphatic heterocycles. The summed E-state index contributed by atoms with van der Waals surface area (Å²) in [7, 11) is 0. The Hall–Kier alpha value is -1.28. The first-order valence-electron chi connectivity index (χ1n) is 4.25. The van der Waals surface area contributed by atoms with Gasteiger partial charge in [-0.2, -0.15) is 17.0 Å². The van der Waals surface area contributed by atoms with E-state index in [4.69, 9.17) is 5.26 Å². The average Bonchev–Trinajstić information content (AvgIpc) is 2.17. The van der Waals surface area contributed by atoms with Crippen molar-refractivity contribution in [3.05, 3.63) is 17.6 Å². The van der Waals surface area contributed by atoms with Crippen LogP contribution in [-0.2, 0) is 0 Å². The standard InChI is InChI=1S/C9H12N4S/c1-7-12-8(6-10)5-9(13-7)11-3-4-14-2/h5H,3-4H2,1-2H3,(H,11,12,13). The van der Waals surface area contributed by atoms with Crippen molar-refractivity contribution in [2.75, 3.05) is 23.9 Å². The molecule has 4 nitrogen and oxygen atoms in total. The summed E-state index contributed by atoms with van der Waals surface area (Å²) in [4.78, 5) is 8.13. The van der Waals surface area contributed by atoms with Crippen molar-refractivity contribution in [3.8, 4) is 6.07 Å². The molecular formula is C9H12N4S. The molecule has 1 aromatic rings. The minimum Gasteiger partial charge on any atom is -0.369 e. The summed E-state index contributed by atoms with van der Waals surface area (Å²) >= 11 is 1.76. The molecule has 0 aliphatic rings. The lowest BCUT2D eigenvalue weighted by Crippen LogP contribution is -2.07. The number of aryl methyl sites for hydroxylation is 1. The molecule has 0 bridgehead atoms. The van der Waals surface area contributed by atoms with Gasteiger partial charge in [-0.05, 0) is 13.2 Å². The third kappa shape index (κ3) is 3.23. The molecule has 0 aromatic carbocycles. The van der Waals surface area contributed by atoms with Crippen molar-refractivity contribution >= 4 is 17.6 Å². The van der Waals surface area contributed by atoms with Crippen LogP contribution in [0.5, 0.6) is 0 Å². The van der Waals surface area contributed by atoms with Gasteiger partial charge in [0.25, 0.3) is 0 Å². The molecule has 0 saturated heterocycles. The highest BCUT2D eigenvalue weighted by Crippen LogP contribution is 2.05. The van der Waals surface area contributed by atoms with Gasteiger partial charge in [-0.15, -0.1) is 0 Å². The Morgan fingerprint density at radius 2 is 2.36 bits per heavy atom. The van der Waals surface area contributed by atoms with Crippen LogP contribution in [0.15, 0.2) is 6.07 Å². The van der Waals surface area contributed by atoms with Crippen molar-refractivity contribution in [1.82, 2.24) is 9.97 Å². The molecule has 0 aliphatic carbocycles. The molecule has 0 atom stereocenters. The predicted octanol–water partition coefficient (Wildman–Crippen LogP) is 1.43. The summed E-state index contributed by atoms with van der Waals surface area (Å²) in [5.74, 6) is 2.36. The summed E-state index contributed by atoms with van der Waals surface area (Å²) in [6, 6.07) is 3.66. The predicted molar refractivity (Wildman–Crippen MR) is 58.4 cm³/mol. The van der Waals surface area contributed by atoms with E-state index in [0.717, 1.165) is 18.1 Å². The van der Waals surface area contributed by atoms with E-state index in [0.29, 0.717) is 11.5 Å². The Kier molecular flexibility index (Phi) is 4.20. The first kappa shape index (κ1) is 10.8. The van der Waals surface area contributed by atoms with Crippen LogP contribution in [-0.4, -0.2) is 28.5 Å². The maximum atomic E-state index is 8.69. The SMILES string of the molecule is CSCCNc1cc(C#N)nc(C)n1. The number of aromatic nitrogens is 2. The highest BCUT2D eigenvalue weighted by atomic mass is 32.2. The highest BCUT2D eigenvalue weighted by molar-refractivity contribution is 7.98. The maximum absolute atomic E-state index is 8.69. The number of hydrogen-bond acceptors (Lipinski definition) is 5. The van der Waals surface area contributed by atoms with Crippen molar-refractivity contribution in [3.63, 3.8) is 0 Å². The molecule has 74 valence electrons. The van der Waals surface area contributed by atoms with E-state index in [-0.39, 0.29) is 0 Å². The molecular weight excluding hydrogens is 196 g/mol. The van der Waals surface area contributed by atoms with E-state index >= 15 is 0 Å². The van der Waals surface area contributed by atoms with E-state index in [9.17, 15) is 0 Å². The van der Waals surface area contributed by atoms with Gasteiger partial charge in [-0.25, -0.2) is 9.97 Å². The van der Waals surface area contributed by atoms with Gasteiger partial charge in [-0.1, -0.05) is 0 Å². The van der Waals surface area contributed by atoms with Crippen molar-refractivity contribution in [2.45, 2.75) is 6.92 Å². The zero-order valence-corrected chi connectivity index (χ0v) is 9.06. The number of anilines is 1. The minimum atomic E-state index is 0.407. The second kappa shape index (κ2) is 5.45. The monoisotopic (exact) mass is 208 g/mol. The fraction of sp³-hybridized carbons (Fsp3) is 0.444. The van der Waals surface area contributed by atoms with Crippen molar-refractivity contribution in [2.24, 2.45) is 0 Å². The molecule has 14 heavy (non-hydrogen) atoms. The molecule has 5 heteroatoms. The number of rotatable bonds is 4. The molecule has 0 amide bonds. The Labute approximate surface area is 87.8 Å². The topological polar surface area (TPSA) is 61.6 Å². The smallest absolute Gasteiger partial charge is 0.146 e. The molecule has 1 aromatic heterocycles. The van der Waals surface area contributed by atoms with E-state index in [1.807, 2.05) is 12.3 Å². The fourth-order valence-electron chi connectivity index (χ4n) is 0.997. The lowest BCUT2D eigenvalue weighted by atomic mass is 10.4. The minimum absolute atomic E-state index is 0.407. The Morgan fingerprint density at radius 3 is 3.00 bits per heavy atom. The third-order valence-corrected chi connectivity index (χ3v) is 2.18. The van der Waals surface area contributed by atoms with Gasteiger partial charge in [-0.3, -0.25) is 0 Å². The third-order valence-electron chi connectivity index (χ3n) is 1.56. The molecule has 1 heterocycles. The molecule has 1 N–H and O–H groups in total. The van der Waals surface area contributed by atoms with Crippen LogP contribution in [0.4, 0.5) is 5.82 Å². The number of hydrogen-bond donors (Lipinski definition) is 1. The number of nitrogens with one attached hydrogen (secondary N) is 1. The van der Waals surface area contributed by atoms with Crippen LogP contribution in [0, 0.1) is 18.3 Å². The van der Waals surface area contributed by atoms with Gasteiger partial charge < -0.3 is 5.32 Å². The zero-order valence-electron chi connectivity index (χ0n) is 8.24. The molecule has 0 fully saturated rings. The van der Waals surface area contributed by atoms with Crippen LogP contribution < -0.4 is 5.32 Å². The quantitative estimate of drug-likeness (QED) is 0.758. The van der Waals surface area contributed by atoms with E-state index in [1.165, 1.54) is 0 Å². The molecule has 1 rings (SSSR count). The Morgan fingerprint density at radius 1 is 1.57 bits per heavy atom. The second-order valence-corrected chi connectivity index (χ2v) is 3.70. The summed E-state index contributed by atoms with van der Waals surface area (Å²) in [5.41, 5.74) is 0.407. The Bertz CT molecular complexity index is 345. The summed E-state index contributed by atoms with van der Waals surface area (Å²) in [6.07, 6.45) is 2.05. The van der Waals surface area contributed by atoms with E-state index in [1.54, 1.807) is 24.8 Å². The molecule has 0 unspecified atom stereocenters. The molecule has 0 spiro atoms. The van der Waals surface area contributed by atoms with Crippen LogP contribution >= 0.6 is 11.8 Å². The zero-order chi connectivity index (χ0) is 10.4. The number of thioether (sulfide) groups is 1. The van der Waals surface area contributed by atoms with Gasteiger partial charge in [0, 0.05) is 18.4 Å². The normalized spacial score (nSPS) is 9.50. The van der Waals surface area contributed by atoms with Gasteiger partial charge in [0.2, 0.25) is 0 Å². The second-order valence-electron chi connectivity index (χ2n) is 2.72. The summed E-state index contributed by atoms with van der Waals surface area (Å²) in [5, 5.41) is 11.8. The summed E-state index contributed by atoms with van der Waals surface area (Å²) in [6.45, 7) is 2.63. The van der Waals surface area contributed by atoms with Crippen LogP contribution in [0.25, 0.3) is 0 Å². The summed E-state index contributed by atoms with van der Waals surface area (Å²) < 4.78 is 0. The fourth-order valence-corrected chi connectivity index (χ4v) is 1.30. The van der Waals surface area contributed by atoms with Gasteiger partial charge in [0.1, 0.15) is 23.4 Å².